The third-order valence-corrected chi connectivity index (χ3v) is 4.62. The molecular weight excluding hydrogens is 266 g/mol. The van der Waals surface area contributed by atoms with Gasteiger partial charge < -0.3 is 10.6 Å². The summed E-state index contributed by atoms with van der Waals surface area (Å²) in [5.74, 6) is 1.32. The summed E-state index contributed by atoms with van der Waals surface area (Å²) in [5.41, 5.74) is 6.78. The number of nitrogen functional groups attached to an aromatic ring is 1. The largest absolute Gasteiger partial charge is 0.383 e. The standard InChI is InChI=1S/C11H19N5O2S/c1-3-9-10(12)13-8-14-11(9)15-4-6-16(7-5-15)19(2,17)18/h8H,3-7H2,1-2H3,(H2,12,13,14). The molecule has 0 bridgehead atoms. The van der Waals surface area contributed by atoms with Gasteiger partial charge in [0.05, 0.1) is 6.26 Å². The summed E-state index contributed by atoms with van der Waals surface area (Å²) < 4.78 is 24.4. The monoisotopic (exact) mass is 285 g/mol. The van der Waals surface area contributed by atoms with Crippen molar-refractivity contribution in [2.45, 2.75) is 13.3 Å². The Hall–Kier alpha value is -1.41. The molecule has 1 aliphatic heterocycles. The maximum absolute atomic E-state index is 11.5. The van der Waals surface area contributed by atoms with Crippen LogP contribution in [-0.2, 0) is 16.4 Å². The van der Waals surface area contributed by atoms with E-state index in [9.17, 15) is 8.42 Å². The third-order valence-electron chi connectivity index (χ3n) is 3.32. The van der Waals surface area contributed by atoms with Gasteiger partial charge in [-0.15, -0.1) is 0 Å². The molecule has 1 aliphatic rings. The summed E-state index contributed by atoms with van der Waals surface area (Å²) in [6.07, 6.45) is 3.45. The van der Waals surface area contributed by atoms with Crippen LogP contribution < -0.4 is 10.6 Å². The topological polar surface area (TPSA) is 92.4 Å². The minimum Gasteiger partial charge on any atom is -0.383 e. The maximum Gasteiger partial charge on any atom is 0.211 e. The van der Waals surface area contributed by atoms with Crippen LogP contribution in [0.1, 0.15) is 12.5 Å². The molecule has 0 aliphatic carbocycles. The highest BCUT2D eigenvalue weighted by atomic mass is 32.2. The molecule has 1 aromatic heterocycles. The van der Waals surface area contributed by atoms with Gasteiger partial charge in [0.25, 0.3) is 0 Å². The average Bonchev–Trinajstić information content (AvgIpc) is 2.37. The fourth-order valence-electron chi connectivity index (χ4n) is 2.26. The van der Waals surface area contributed by atoms with E-state index < -0.39 is 10.0 Å². The van der Waals surface area contributed by atoms with Crippen LogP contribution in [0.15, 0.2) is 6.33 Å². The Morgan fingerprint density at radius 1 is 1.26 bits per heavy atom. The fourth-order valence-corrected chi connectivity index (χ4v) is 3.09. The molecule has 0 unspecified atom stereocenters. The van der Waals surface area contributed by atoms with Crippen molar-refractivity contribution in [3.05, 3.63) is 11.9 Å². The van der Waals surface area contributed by atoms with E-state index in [1.54, 1.807) is 0 Å². The molecule has 1 saturated heterocycles. The van der Waals surface area contributed by atoms with Crippen molar-refractivity contribution in [3.8, 4) is 0 Å². The molecule has 0 atom stereocenters. The van der Waals surface area contributed by atoms with Crippen molar-refractivity contribution in [2.75, 3.05) is 43.1 Å². The molecule has 0 amide bonds. The van der Waals surface area contributed by atoms with Gasteiger partial charge in [0.1, 0.15) is 18.0 Å². The summed E-state index contributed by atoms with van der Waals surface area (Å²) in [6, 6.07) is 0. The molecule has 0 aromatic carbocycles. The van der Waals surface area contributed by atoms with Gasteiger partial charge in [-0.05, 0) is 6.42 Å². The minimum absolute atomic E-state index is 0.478. The number of hydrogen-bond donors (Lipinski definition) is 1. The van der Waals surface area contributed by atoms with Crippen molar-refractivity contribution < 1.29 is 8.42 Å². The first-order chi connectivity index (χ1) is 8.93. The van der Waals surface area contributed by atoms with Crippen molar-refractivity contribution in [1.29, 1.82) is 0 Å². The molecule has 2 N–H and O–H groups in total. The summed E-state index contributed by atoms with van der Waals surface area (Å²) in [6.45, 7) is 4.20. The lowest BCUT2D eigenvalue weighted by atomic mass is 10.2. The van der Waals surface area contributed by atoms with E-state index in [0.717, 1.165) is 17.8 Å². The summed E-state index contributed by atoms with van der Waals surface area (Å²) in [5, 5.41) is 0. The summed E-state index contributed by atoms with van der Waals surface area (Å²) >= 11 is 0. The number of nitrogens with zero attached hydrogens (tertiary/aromatic N) is 4. The zero-order valence-corrected chi connectivity index (χ0v) is 12.0. The van der Waals surface area contributed by atoms with Crippen molar-refractivity contribution in [2.24, 2.45) is 0 Å². The highest BCUT2D eigenvalue weighted by molar-refractivity contribution is 7.88. The van der Waals surface area contributed by atoms with Crippen LogP contribution in [0.25, 0.3) is 0 Å². The predicted molar refractivity (Wildman–Crippen MR) is 74.5 cm³/mol. The van der Waals surface area contributed by atoms with Crippen molar-refractivity contribution >= 4 is 21.7 Å². The lowest BCUT2D eigenvalue weighted by Crippen LogP contribution is -2.48. The number of anilines is 2. The Labute approximate surface area is 113 Å². The van der Waals surface area contributed by atoms with Gasteiger partial charge in [-0.2, -0.15) is 4.31 Å². The predicted octanol–water partition coefficient (Wildman–Crippen LogP) is -0.297. The first kappa shape index (κ1) is 14.0. The number of sulfonamides is 1. The quantitative estimate of drug-likeness (QED) is 0.820. The molecule has 8 heteroatoms. The second kappa shape index (κ2) is 5.30. The molecule has 2 rings (SSSR count). The van der Waals surface area contributed by atoms with Gasteiger partial charge in [0.15, 0.2) is 0 Å². The third kappa shape index (κ3) is 2.95. The Bertz CT molecular complexity index is 552. The van der Waals surface area contributed by atoms with E-state index in [4.69, 9.17) is 5.73 Å². The maximum atomic E-state index is 11.5. The Morgan fingerprint density at radius 3 is 2.42 bits per heavy atom. The molecule has 0 saturated carbocycles. The highest BCUT2D eigenvalue weighted by Crippen LogP contribution is 2.23. The molecule has 1 fully saturated rings. The molecule has 1 aromatic rings. The molecule has 7 nitrogen and oxygen atoms in total. The van der Waals surface area contributed by atoms with Crippen LogP contribution in [0.2, 0.25) is 0 Å². The van der Waals surface area contributed by atoms with Crippen molar-refractivity contribution in [1.82, 2.24) is 14.3 Å². The molecule has 0 spiro atoms. The zero-order valence-electron chi connectivity index (χ0n) is 11.2. The minimum atomic E-state index is -3.11. The van der Waals surface area contributed by atoms with E-state index in [-0.39, 0.29) is 0 Å². The number of aromatic nitrogens is 2. The summed E-state index contributed by atoms with van der Waals surface area (Å²) in [7, 11) is -3.11. The SMILES string of the molecule is CCc1c(N)ncnc1N1CCN(S(C)(=O)=O)CC1. The van der Waals surface area contributed by atoms with E-state index in [1.807, 2.05) is 6.92 Å². The lowest BCUT2D eigenvalue weighted by Gasteiger charge is -2.34. The molecule has 0 radical (unpaired) electrons. The number of hydrogen-bond acceptors (Lipinski definition) is 6. The van der Waals surface area contributed by atoms with Gasteiger partial charge in [0.2, 0.25) is 10.0 Å². The number of rotatable bonds is 3. The van der Waals surface area contributed by atoms with Crippen LogP contribution in [0.5, 0.6) is 0 Å². The average molecular weight is 285 g/mol. The van der Waals surface area contributed by atoms with Crippen LogP contribution in [0.3, 0.4) is 0 Å². The number of nitrogens with two attached hydrogens (primary N) is 1. The van der Waals surface area contributed by atoms with Crippen molar-refractivity contribution in [3.63, 3.8) is 0 Å². The molecule has 19 heavy (non-hydrogen) atoms. The van der Waals surface area contributed by atoms with E-state index in [1.165, 1.54) is 16.9 Å². The van der Waals surface area contributed by atoms with Gasteiger partial charge in [-0.1, -0.05) is 6.92 Å². The Balaban J connectivity index is 2.16. The number of piperazine rings is 1. The van der Waals surface area contributed by atoms with Crippen LogP contribution in [0, 0.1) is 0 Å². The first-order valence-electron chi connectivity index (χ1n) is 6.23. The van der Waals surface area contributed by atoms with Gasteiger partial charge in [0, 0.05) is 31.7 Å². The lowest BCUT2D eigenvalue weighted by molar-refractivity contribution is 0.386. The van der Waals surface area contributed by atoms with Gasteiger partial charge in [-0.3, -0.25) is 0 Å². The fraction of sp³-hybridized carbons (Fsp3) is 0.636. The molecule has 2 heterocycles. The zero-order chi connectivity index (χ0) is 14.0. The molecule has 106 valence electrons. The van der Waals surface area contributed by atoms with Crippen LogP contribution in [0.4, 0.5) is 11.6 Å². The first-order valence-corrected chi connectivity index (χ1v) is 8.07. The Morgan fingerprint density at radius 2 is 1.89 bits per heavy atom. The normalized spacial score (nSPS) is 17.7. The summed E-state index contributed by atoms with van der Waals surface area (Å²) in [4.78, 5) is 10.3. The van der Waals surface area contributed by atoms with E-state index in [2.05, 4.69) is 14.9 Å². The second-order valence-corrected chi connectivity index (χ2v) is 6.55. The van der Waals surface area contributed by atoms with Crippen LogP contribution >= 0.6 is 0 Å². The van der Waals surface area contributed by atoms with E-state index in [0.29, 0.717) is 32.0 Å². The van der Waals surface area contributed by atoms with Crippen LogP contribution in [-0.4, -0.2) is 55.1 Å². The smallest absolute Gasteiger partial charge is 0.211 e. The Kier molecular flexibility index (Phi) is 3.91. The second-order valence-electron chi connectivity index (χ2n) is 4.56. The highest BCUT2D eigenvalue weighted by Gasteiger charge is 2.25. The van der Waals surface area contributed by atoms with E-state index >= 15 is 0 Å². The van der Waals surface area contributed by atoms with Gasteiger partial charge >= 0.3 is 0 Å². The van der Waals surface area contributed by atoms with Gasteiger partial charge in [-0.25, -0.2) is 18.4 Å². The molecular formula is C11H19N5O2S.